The van der Waals surface area contributed by atoms with Crippen molar-refractivity contribution in [3.63, 3.8) is 0 Å². The Morgan fingerprint density at radius 1 is 1.22 bits per heavy atom. The van der Waals surface area contributed by atoms with Crippen LogP contribution in [0.25, 0.3) is 0 Å². The van der Waals surface area contributed by atoms with Crippen LogP contribution in [0.4, 0.5) is 0 Å². The predicted molar refractivity (Wildman–Crippen MR) is 112 cm³/mol. The second-order valence-corrected chi connectivity index (χ2v) is 6.85. The highest BCUT2D eigenvalue weighted by Crippen LogP contribution is 2.16. The predicted octanol–water partition coefficient (Wildman–Crippen LogP) is 4.04. The molecular weight excluding hydrogens is 421 g/mol. The average Bonchev–Trinajstić information content (AvgIpc) is 2.97. The number of aliphatic imine (C=N–C) groups is 1. The standard InChI is InChI=1S/C17H31N3OS.HI/c1-6-14-8-9-15(22-14)12-20-17(18-5)19-11-10-16(13(3)4)21-7-2;/h8-9,13,16H,6-7,10-12H2,1-5H3,(H2,18,19,20);1H. The third-order valence-electron chi connectivity index (χ3n) is 3.57. The van der Waals surface area contributed by atoms with E-state index >= 15 is 0 Å². The second kappa shape index (κ2) is 13.0. The van der Waals surface area contributed by atoms with Crippen molar-refractivity contribution in [2.75, 3.05) is 20.2 Å². The molecule has 1 aromatic heterocycles. The van der Waals surface area contributed by atoms with Crippen molar-refractivity contribution in [2.24, 2.45) is 10.9 Å². The molecule has 1 aromatic rings. The molecule has 0 aromatic carbocycles. The van der Waals surface area contributed by atoms with Gasteiger partial charge in [0.25, 0.3) is 0 Å². The van der Waals surface area contributed by atoms with Gasteiger partial charge in [-0.25, -0.2) is 0 Å². The maximum absolute atomic E-state index is 5.76. The summed E-state index contributed by atoms with van der Waals surface area (Å²) in [5.41, 5.74) is 0. The number of hydrogen-bond donors (Lipinski definition) is 2. The number of aryl methyl sites for hydroxylation is 1. The van der Waals surface area contributed by atoms with E-state index in [0.29, 0.717) is 12.0 Å². The summed E-state index contributed by atoms with van der Waals surface area (Å²) in [5, 5.41) is 6.73. The first-order valence-electron chi connectivity index (χ1n) is 8.24. The van der Waals surface area contributed by atoms with Crippen molar-refractivity contribution in [2.45, 2.75) is 53.2 Å². The van der Waals surface area contributed by atoms with Gasteiger partial charge >= 0.3 is 0 Å². The number of hydrogen-bond acceptors (Lipinski definition) is 3. The lowest BCUT2D eigenvalue weighted by molar-refractivity contribution is 0.0258. The van der Waals surface area contributed by atoms with Crippen LogP contribution in [0.15, 0.2) is 17.1 Å². The molecule has 0 bridgehead atoms. The van der Waals surface area contributed by atoms with Crippen LogP contribution in [-0.4, -0.2) is 32.3 Å². The van der Waals surface area contributed by atoms with Crippen LogP contribution in [0.5, 0.6) is 0 Å². The van der Waals surface area contributed by atoms with E-state index in [9.17, 15) is 0 Å². The summed E-state index contributed by atoms with van der Waals surface area (Å²) >= 11 is 1.86. The Labute approximate surface area is 162 Å². The minimum Gasteiger partial charge on any atom is -0.378 e. The Hall–Kier alpha value is -0.340. The smallest absolute Gasteiger partial charge is 0.191 e. The summed E-state index contributed by atoms with van der Waals surface area (Å²) < 4.78 is 5.76. The fraction of sp³-hybridized carbons (Fsp3) is 0.706. The van der Waals surface area contributed by atoms with Crippen molar-refractivity contribution >= 4 is 41.3 Å². The van der Waals surface area contributed by atoms with E-state index in [1.54, 1.807) is 0 Å². The molecule has 1 heterocycles. The van der Waals surface area contributed by atoms with Crippen molar-refractivity contribution in [1.29, 1.82) is 0 Å². The molecule has 1 atom stereocenters. The number of guanidine groups is 1. The first-order valence-corrected chi connectivity index (χ1v) is 9.06. The molecule has 0 saturated heterocycles. The molecule has 1 rings (SSSR count). The van der Waals surface area contributed by atoms with E-state index < -0.39 is 0 Å². The Morgan fingerprint density at radius 3 is 2.43 bits per heavy atom. The van der Waals surface area contributed by atoms with Crippen LogP contribution in [-0.2, 0) is 17.7 Å². The molecule has 0 radical (unpaired) electrons. The summed E-state index contributed by atoms with van der Waals surface area (Å²) in [6.45, 7) is 11.1. The van der Waals surface area contributed by atoms with Crippen LogP contribution in [0, 0.1) is 5.92 Å². The van der Waals surface area contributed by atoms with Gasteiger partial charge in [-0.2, -0.15) is 0 Å². The number of nitrogens with zero attached hydrogens (tertiary/aromatic N) is 1. The number of rotatable bonds is 9. The van der Waals surface area contributed by atoms with E-state index in [4.69, 9.17) is 4.74 Å². The fourth-order valence-electron chi connectivity index (χ4n) is 2.25. The Kier molecular flexibility index (Phi) is 12.8. The van der Waals surface area contributed by atoms with E-state index in [2.05, 4.69) is 55.5 Å². The lowest BCUT2D eigenvalue weighted by Crippen LogP contribution is -2.38. The molecule has 2 N–H and O–H groups in total. The normalized spacial score (nSPS) is 12.9. The van der Waals surface area contributed by atoms with E-state index in [-0.39, 0.29) is 24.0 Å². The van der Waals surface area contributed by atoms with Crippen LogP contribution in [0.3, 0.4) is 0 Å². The van der Waals surface area contributed by atoms with E-state index in [1.807, 2.05) is 18.4 Å². The van der Waals surface area contributed by atoms with E-state index in [1.165, 1.54) is 9.75 Å². The van der Waals surface area contributed by atoms with Gasteiger partial charge in [-0.3, -0.25) is 4.99 Å². The topological polar surface area (TPSA) is 45.6 Å². The molecule has 0 saturated carbocycles. The highest BCUT2D eigenvalue weighted by atomic mass is 127. The van der Waals surface area contributed by atoms with Crippen molar-refractivity contribution in [3.05, 3.63) is 21.9 Å². The van der Waals surface area contributed by atoms with Gasteiger partial charge in [-0.15, -0.1) is 35.3 Å². The third-order valence-corrected chi connectivity index (χ3v) is 4.79. The lowest BCUT2D eigenvalue weighted by atomic mass is 10.0. The first-order chi connectivity index (χ1) is 10.6. The maximum atomic E-state index is 5.76. The van der Waals surface area contributed by atoms with Crippen LogP contribution < -0.4 is 10.6 Å². The molecule has 4 nitrogen and oxygen atoms in total. The number of halogens is 1. The third kappa shape index (κ3) is 8.91. The Balaban J connectivity index is 0.00000484. The van der Waals surface area contributed by atoms with Gasteiger partial charge in [-0.1, -0.05) is 20.8 Å². The molecule has 6 heteroatoms. The van der Waals surface area contributed by atoms with Crippen molar-refractivity contribution < 1.29 is 4.74 Å². The molecule has 0 aliphatic rings. The Morgan fingerprint density at radius 2 is 1.91 bits per heavy atom. The number of nitrogens with one attached hydrogen (secondary N) is 2. The molecule has 0 aliphatic heterocycles. The quantitative estimate of drug-likeness (QED) is 0.337. The fourth-order valence-corrected chi connectivity index (χ4v) is 3.15. The SMILES string of the molecule is CCOC(CCNC(=NC)NCc1ccc(CC)s1)C(C)C.I. The lowest BCUT2D eigenvalue weighted by Gasteiger charge is -2.21. The summed E-state index contributed by atoms with van der Waals surface area (Å²) in [4.78, 5) is 7.04. The zero-order chi connectivity index (χ0) is 16.4. The average molecular weight is 453 g/mol. The largest absolute Gasteiger partial charge is 0.378 e. The van der Waals surface area contributed by atoms with Gasteiger partial charge in [0.1, 0.15) is 0 Å². The molecule has 0 amide bonds. The molecule has 0 aliphatic carbocycles. The molecular formula is C17H32IN3OS. The summed E-state index contributed by atoms with van der Waals surface area (Å²) in [5.74, 6) is 1.39. The summed E-state index contributed by atoms with van der Waals surface area (Å²) in [6, 6.07) is 4.39. The van der Waals surface area contributed by atoms with Crippen molar-refractivity contribution in [3.8, 4) is 0 Å². The van der Waals surface area contributed by atoms with Gasteiger partial charge in [0.2, 0.25) is 0 Å². The highest BCUT2D eigenvalue weighted by molar-refractivity contribution is 14.0. The summed E-state index contributed by atoms with van der Waals surface area (Å²) in [7, 11) is 1.81. The zero-order valence-corrected chi connectivity index (χ0v) is 18.2. The van der Waals surface area contributed by atoms with E-state index in [0.717, 1.165) is 38.5 Å². The van der Waals surface area contributed by atoms with Gasteiger partial charge in [-0.05, 0) is 37.8 Å². The van der Waals surface area contributed by atoms with Gasteiger partial charge in [0.15, 0.2) is 5.96 Å². The van der Waals surface area contributed by atoms with Crippen LogP contribution in [0.2, 0.25) is 0 Å². The highest BCUT2D eigenvalue weighted by Gasteiger charge is 2.12. The maximum Gasteiger partial charge on any atom is 0.191 e. The van der Waals surface area contributed by atoms with Crippen molar-refractivity contribution in [1.82, 2.24) is 10.6 Å². The van der Waals surface area contributed by atoms with Crippen LogP contribution >= 0.6 is 35.3 Å². The van der Waals surface area contributed by atoms with Gasteiger partial charge in [0.05, 0.1) is 12.6 Å². The summed E-state index contributed by atoms with van der Waals surface area (Å²) in [6.07, 6.45) is 2.40. The minimum absolute atomic E-state index is 0. The van der Waals surface area contributed by atoms with Gasteiger partial charge in [0, 0.05) is 30.0 Å². The zero-order valence-electron chi connectivity index (χ0n) is 15.0. The first kappa shape index (κ1) is 22.7. The number of thiophene rings is 1. The molecule has 23 heavy (non-hydrogen) atoms. The molecule has 1 unspecified atom stereocenters. The molecule has 0 spiro atoms. The Bertz CT molecular complexity index is 449. The second-order valence-electron chi connectivity index (χ2n) is 5.60. The number of ether oxygens (including phenoxy) is 1. The van der Waals surface area contributed by atoms with Crippen LogP contribution in [0.1, 0.15) is 43.9 Å². The van der Waals surface area contributed by atoms with Gasteiger partial charge < -0.3 is 15.4 Å². The molecule has 0 fully saturated rings. The molecule has 134 valence electrons. The monoisotopic (exact) mass is 453 g/mol. The minimum atomic E-state index is 0.